The monoisotopic (exact) mass is 262 g/mol. The number of aryl methyl sites for hydroxylation is 1. The third-order valence-corrected chi connectivity index (χ3v) is 3.20. The maximum Gasteiger partial charge on any atom is -0.0244 e. The standard InChI is InChI=1S/C20H22/c1-17(2)8-6-11-19-12-7-13-20(16-19)15-14-18-9-4-3-5-10-18/h3-5,7-10,12-16H,6,11H2,1-2H3. The summed E-state index contributed by atoms with van der Waals surface area (Å²) >= 11 is 0. The van der Waals surface area contributed by atoms with Crippen LogP contribution in [0.1, 0.15) is 37.0 Å². The molecule has 0 spiro atoms. The van der Waals surface area contributed by atoms with E-state index < -0.39 is 0 Å². The molecule has 0 heterocycles. The second kappa shape index (κ2) is 7.49. The summed E-state index contributed by atoms with van der Waals surface area (Å²) in [5.41, 5.74) is 5.30. The Balaban J connectivity index is 2.02. The smallest absolute Gasteiger partial charge is 0.0244 e. The molecule has 2 rings (SSSR count). The SMILES string of the molecule is CC(C)=CCCc1cccc(C=Cc2ccccc2)c1. The highest BCUT2D eigenvalue weighted by atomic mass is 14.0. The van der Waals surface area contributed by atoms with Gasteiger partial charge in [-0.3, -0.25) is 0 Å². The second-order valence-corrected chi connectivity index (χ2v) is 5.31. The van der Waals surface area contributed by atoms with Crippen molar-refractivity contribution < 1.29 is 0 Å². The Hall–Kier alpha value is -2.08. The van der Waals surface area contributed by atoms with Crippen molar-refractivity contribution in [2.45, 2.75) is 26.7 Å². The highest BCUT2D eigenvalue weighted by Crippen LogP contribution is 2.12. The van der Waals surface area contributed by atoms with Gasteiger partial charge >= 0.3 is 0 Å². The van der Waals surface area contributed by atoms with E-state index in [1.54, 1.807) is 0 Å². The lowest BCUT2D eigenvalue weighted by atomic mass is 10.0. The second-order valence-electron chi connectivity index (χ2n) is 5.31. The van der Waals surface area contributed by atoms with Crippen LogP contribution in [0.15, 0.2) is 66.2 Å². The molecule has 0 unspecified atom stereocenters. The van der Waals surface area contributed by atoms with Gasteiger partial charge in [0.2, 0.25) is 0 Å². The minimum absolute atomic E-state index is 1.11. The zero-order valence-corrected chi connectivity index (χ0v) is 12.3. The summed E-state index contributed by atoms with van der Waals surface area (Å²) in [7, 11) is 0. The highest BCUT2D eigenvalue weighted by Gasteiger charge is 1.93. The zero-order valence-electron chi connectivity index (χ0n) is 12.3. The summed E-state index contributed by atoms with van der Waals surface area (Å²) in [5, 5.41) is 0. The van der Waals surface area contributed by atoms with Gasteiger partial charge in [0.05, 0.1) is 0 Å². The molecule has 0 nitrogen and oxygen atoms in total. The van der Waals surface area contributed by atoms with E-state index in [0.717, 1.165) is 12.8 Å². The summed E-state index contributed by atoms with van der Waals surface area (Å²) in [5.74, 6) is 0. The predicted molar refractivity (Wildman–Crippen MR) is 89.6 cm³/mol. The van der Waals surface area contributed by atoms with Crippen molar-refractivity contribution >= 4 is 12.2 Å². The first-order valence-electron chi connectivity index (χ1n) is 7.19. The molecule has 0 amide bonds. The van der Waals surface area contributed by atoms with Gasteiger partial charge in [0.15, 0.2) is 0 Å². The summed E-state index contributed by atoms with van der Waals surface area (Å²) in [6, 6.07) is 19.2. The highest BCUT2D eigenvalue weighted by molar-refractivity contribution is 5.69. The van der Waals surface area contributed by atoms with Crippen molar-refractivity contribution in [3.05, 3.63) is 82.9 Å². The number of hydrogen-bond donors (Lipinski definition) is 0. The minimum Gasteiger partial charge on any atom is -0.0856 e. The lowest BCUT2D eigenvalue weighted by Crippen LogP contribution is -1.84. The van der Waals surface area contributed by atoms with Gasteiger partial charge in [-0.2, -0.15) is 0 Å². The molecule has 0 radical (unpaired) electrons. The molecule has 102 valence electrons. The molecule has 0 aliphatic heterocycles. The van der Waals surface area contributed by atoms with Crippen LogP contribution in [0.25, 0.3) is 12.2 Å². The van der Waals surface area contributed by atoms with E-state index in [0.29, 0.717) is 0 Å². The molecule has 2 aromatic rings. The van der Waals surface area contributed by atoms with E-state index in [1.165, 1.54) is 22.3 Å². The first kappa shape index (κ1) is 14.3. The molecule has 0 aromatic heterocycles. The molecule has 0 bridgehead atoms. The first-order valence-corrected chi connectivity index (χ1v) is 7.19. The number of rotatable bonds is 5. The van der Waals surface area contributed by atoms with Gasteiger partial charge in [-0.25, -0.2) is 0 Å². The van der Waals surface area contributed by atoms with Crippen LogP contribution in [0.3, 0.4) is 0 Å². The minimum atomic E-state index is 1.11. The van der Waals surface area contributed by atoms with Crippen molar-refractivity contribution in [2.24, 2.45) is 0 Å². The third-order valence-electron chi connectivity index (χ3n) is 3.20. The summed E-state index contributed by atoms with van der Waals surface area (Å²) in [4.78, 5) is 0. The number of benzene rings is 2. The molecular formula is C20H22. The van der Waals surface area contributed by atoms with Crippen LogP contribution >= 0.6 is 0 Å². The fourth-order valence-corrected chi connectivity index (χ4v) is 2.14. The molecule has 0 atom stereocenters. The number of hydrogen-bond acceptors (Lipinski definition) is 0. The molecule has 0 heteroatoms. The zero-order chi connectivity index (χ0) is 14.2. The molecule has 0 aliphatic rings. The van der Waals surface area contributed by atoms with Crippen molar-refractivity contribution in [1.82, 2.24) is 0 Å². The molecular weight excluding hydrogens is 240 g/mol. The van der Waals surface area contributed by atoms with Crippen molar-refractivity contribution in [3.8, 4) is 0 Å². The quantitative estimate of drug-likeness (QED) is 0.475. The van der Waals surface area contributed by atoms with Crippen LogP contribution < -0.4 is 0 Å². The molecule has 0 aliphatic carbocycles. The van der Waals surface area contributed by atoms with Crippen LogP contribution in [-0.2, 0) is 6.42 Å². The summed E-state index contributed by atoms with van der Waals surface area (Å²) < 4.78 is 0. The van der Waals surface area contributed by atoms with E-state index in [1.807, 2.05) is 6.07 Å². The first-order chi connectivity index (χ1) is 9.74. The topological polar surface area (TPSA) is 0 Å². The number of allylic oxidation sites excluding steroid dienone is 2. The van der Waals surface area contributed by atoms with Gasteiger partial charge in [-0.1, -0.05) is 78.4 Å². The van der Waals surface area contributed by atoms with Crippen LogP contribution in [0, 0.1) is 0 Å². The fourth-order valence-electron chi connectivity index (χ4n) is 2.14. The van der Waals surface area contributed by atoms with Crippen LogP contribution in [0.2, 0.25) is 0 Å². The normalized spacial score (nSPS) is 10.7. The largest absolute Gasteiger partial charge is 0.0856 e. The van der Waals surface area contributed by atoms with E-state index in [4.69, 9.17) is 0 Å². The van der Waals surface area contributed by atoms with Gasteiger partial charge in [-0.15, -0.1) is 0 Å². The lowest BCUT2D eigenvalue weighted by Gasteiger charge is -2.01. The van der Waals surface area contributed by atoms with Crippen LogP contribution in [-0.4, -0.2) is 0 Å². The third kappa shape index (κ3) is 4.89. The van der Waals surface area contributed by atoms with Gasteiger partial charge in [0.25, 0.3) is 0 Å². The van der Waals surface area contributed by atoms with Gasteiger partial charge in [0, 0.05) is 0 Å². The lowest BCUT2D eigenvalue weighted by molar-refractivity contribution is 0.988. The van der Waals surface area contributed by atoms with E-state index in [-0.39, 0.29) is 0 Å². The summed E-state index contributed by atoms with van der Waals surface area (Å²) in [6.45, 7) is 4.30. The fraction of sp³-hybridized carbons (Fsp3) is 0.200. The van der Waals surface area contributed by atoms with E-state index in [2.05, 4.69) is 80.6 Å². The average Bonchev–Trinajstić information content (AvgIpc) is 2.46. The summed E-state index contributed by atoms with van der Waals surface area (Å²) in [6.07, 6.45) is 8.87. The Morgan fingerprint density at radius 1 is 0.850 bits per heavy atom. The van der Waals surface area contributed by atoms with Crippen molar-refractivity contribution in [3.63, 3.8) is 0 Å². The molecule has 0 saturated carbocycles. The van der Waals surface area contributed by atoms with Crippen LogP contribution in [0.5, 0.6) is 0 Å². The maximum atomic E-state index is 2.30. The Labute approximate surface area is 122 Å². The Morgan fingerprint density at radius 2 is 1.55 bits per heavy atom. The Kier molecular flexibility index (Phi) is 5.37. The molecule has 20 heavy (non-hydrogen) atoms. The maximum absolute atomic E-state index is 2.30. The molecule has 0 N–H and O–H groups in total. The van der Waals surface area contributed by atoms with Gasteiger partial charge in [0.1, 0.15) is 0 Å². The Morgan fingerprint density at radius 3 is 2.30 bits per heavy atom. The predicted octanol–water partition coefficient (Wildman–Crippen LogP) is 5.76. The average molecular weight is 262 g/mol. The molecule has 2 aromatic carbocycles. The van der Waals surface area contributed by atoms with E-state index >= 15 is 0 Å². The Bertz CT molecular complexity index is 584. The van der Waals surface area contributed by atoms with Crippen molar-refractivity contribution in [1.29, 1.82) is 0 Å². The van der Waals surface area contributed by atoms with Gasteiger partial charge < -0.3 is 0 Å². The van der Waals surface area contributed by atoms with Crippen LogP contribution in [0.4, 0.5) is 0 Å². The van der Waals surface area contributed by atoms with E-state index in [9.17, 15) is 0 Å². The van der Waals surface area contributed by atoms with Crippen molar-refractivity contribution in [2.75, 3.05) is 0 Å². The molecule has 0 saturated heterocycles. The van der Waals surface area contributed by atoms with Gasteiger partial charge in [-0.05, 0) is 43.4 Å². The molecule has 0 fully saturated rings.